The van der Waals surface area contributed by atoms with Crippen LogP contribution < -0.4 is 0 Å². The van der Waals surface area contributed by atoms with E-state index in [-0.39, 0.29) is 5.69 Å². The normalized spacial score (nSPS) is 11.4. The highest BCUT2D eigenvalue weighted by atomic mass is 19.4. The molecule has 13 aromatic rings. The largest absolute Gasteiger partial charge is 0.416 e. The molecule has 9 nitrogen and oxygen atoms in total. The van der Waals surface area contributed by atoms with Crippen molar-refractivity contribution in [1.29, 1.82) is 21.0 Å². The fourth-order valence-corrected chi connectivity index (χ4v) is 10.8. The van der Waals surface area contributed by atoms with Gasteiger partial charge in [-0.25, -0.2) is 15.0 Å². The smallest absolute Gasteiger partial charge is 0.309 e. The second-order valence-electron chi connectivity index (χ2n) is 19.2. The molecule has 10 aromatic carbocycles. The molecule has 0 fully saturated rings. The van der Waals surface area contributed by atoms with E-state index in [0.717, 1.165) is 55.3 Å². The van der Waals surface area contributed by atoms with Gasteiger partial charge in [0.2, 0.25) is 0 Å². The van der Waals surface area contributed by atoms with E-state index in [1.807, 2.05) is 168 Å². The standard InChI is InChI=1S/C68H36F3N9/c69-68(70,71)52-22-23-55(64(36-52)80-60-18-10-8-16-54(60)57-34-48(20-25-63(57)80)51-31-43(39-74)28-44(32-51)40-75)58-35-49(67-77-65(45-11-3-1-4-12-45)76-66(78-67)46-13-5-2-6-14-46)21-26-62(58)79-59-17-9-7-15-53(59)56-33-47(19-24-61(56)79)50-29-41(37-72)27-42(30-50)38-73/h1-36H. The summed E-state index contributed by atoms with van der Waals surface area (Å²) in [5, 5.41) is 42.8. The first-order valence-electron chi connectivity index (χ1n) is 25.3. The summed E-state index contributed by atoms with van der Waals surface area (Å²) in [7, 11) is 0. The van der Waals surface area contributed by atoms with Gasteiger partial charge < -0.3 is 9.13 Å². The molecule has 0 bridgehead atoms. The molecule has 13 rings (SSSR count). The second-order valence-corrected chi connectivity index (χ2v) is 19.2. The lowest BCUT2D eigenvalue weighted by Crippen LogP contribution is -2.08. The van der Waals surface area contributed by atoms with Crippen LogP contribution >= 0.6 is 0 Å². The van der Waals surface area contributed by atoms with Crippen LogP contribution in [0.4, 0.5) is 13.2 Å². The minimum atomic E-state index is -4.73. The summed E-state index contributed by atoms with van der Waals surface area (Å²) in [6.45, 7) is 0. The van der Waals surface area contributed by atoms with Crippen LogP contribution in [0.3, 0.4) is 0 Å². The molecule has 0 spiro atoms. The van der Waals surface area contributed by atoms with Crippen LogP contribution in [0.15, 0.2) is 218 Å². The number of hydrogen-bond donors (Lipinski definition) is 0. The van der Waals surface area contributed by atoms with Gasteiger partial charge in [0.05, 0.1) is 85.5 Å². The minimum absolute atomic E-state index is 0.245. The van der Waals surface area contributed by atoms with Gasteiger partial charge in [0.1, 0.15) is 0 Å². The first-order chi connectivity index (χ1) is 39.1. The maximum absolute atomic E-state index is 15.4. The summed E-state index contributed by atoms with van der Waals surface area (Å²) in [4.78, 5) is 15.1. The Hall–Kier alpha value is -11.4. The monoisotopic (exact) mass is 1040 g/mol. The van der Waals surface area contributed by atoms with E-state index in [1.165, 1.54) is 18.2 Å². The highest BCUT2D eigenvalue weighted by molar-refractivity contribution is 6.13. The first kappa shape index (κ1) is 48.2. The van der Waals surface area contributed by atoms with Crippen molar-refractivity contribution in [3.05, 3.63) is 246 Å². The van der Waals surface area contributed by atoms with Crippen LogP contribution in [0.25, 0.3) is 123 Å². The van der Waals surface area contributed by atoms with Crippen molar-refractivity contribution in [3.8, 4) is 103 Å². The van der Waals surface area contributed by atoms with Gasteiger partial charge in [-0.1, -0.05) is 115 Å². The average Bonchev–Trinajstić information content (AvgIpc) is 4.06. The lowest BCUT2D eigenvalue weighted by Gasteiger charge is -2.21. The van der Waals surface area contributed by atoms with Crippen molar-refractivity contribution in [2.24, 2.45) is 0 Å². The van der Waals surface area contributed by atoms with Crippen LogP contribution in [0.1, 0.15) is 27.8 Å². The zero-order chi connectivity index (χ0) is 54.6. The fraction of sp³-hybridized carbons (Fsp3) is 0.0147. The summed E-state index contributed by atoms with van der Waals surface area (Å²) >= 11 is 0. The molecule has 0 unspecified atom stereocenters. The number of fused-ring (bicyclic) bond motifs is 6. The molecule has 12 heteroatoms. The Morgan fingerprint density at radius 3 is 1.19 bits per heavy atom. The lowest BCUT2D eigenvalue weighted by molar-refractivity contribution is -0.137. The van der Waals surface area contributed by atoms with Crippen molar-refractivity contribution in [3.63, 3.8) is 0 Å². The molecule has 0 aliphatic heterocycles. The summed E-state index contributed by atoms with van der Waals surface area (Å²) in [5.41, 5.74) is 10.2. The van der Waals surface area contributed by atoms with Gasteiger partial charge in [-0.3, -0.25) is 0 Å². The first-order valence-corrected chi connectivity index (χ1v) is 25.3. The van der Waals surface area contributed by atoms with Gasteiger partial charge in [0, 0.05) is 49.4 Å². The van der Waals surface area contributed by atoms with Crippen molar-refractivity contribution < 1.29 is 13.2 Å². The van der Waals surface area contributed by atoms with Crippen molar-refractivity contribution in [2.75, 3.05) is 0 Å². The molecular formula is C68H36F3N9. The molecule has 80 heavy (non-hydrogen) atoms. The van der Waals surface area contributed by atoms with Crippen LogP contribution in [0.2, 0.25) is 0 Å². The second kappa shape index (κ2) is 19.3. The predicted octanol–water partition coefficient (Wildman–Crippen LogP) is 16.6. The van der Waals surface area contributed by atoms with Crippen LogP contribution in [0.5, 0.6) is 0 Å². The zero-order valence-corrected chi connectivity index (χ0v) is 41.9. The average molecular weight is 1040 g/mol. The number of alkyl halides is 3. The van der Waals surface area contributed by atoms with E-state index in [0.29, 0.717) is 89.8 Å². The van der Waals surface area contributed by atoms with Crippen LogP contribution in [-0.4, -0.2) is 24.1 Å². The van der Waals surface area contributed by atoms with Gasteiger partial charge in [-0.2, -0.15) is 34.2 Å². The van der Waals surface area contributed by atoms with Crippen molar-refractivity contribution in [1.82, 2.24) is 24.1 Å². The Kier molecular flexibility index (Phi) is 11.6. The number of nitrogens with zero attached hydrogens (tertiary/aromatic N) is 9. The molecule has 0 N–H and O–H groups in total. The topological polar surface area (TPSA) is 144 Å². The summed E-state index contributed by atoms with van der Waals surface area (Å²) in [6, 6.07) is 74.6. The molecule has 0 aliphatic carbocycles. The molecule has 0 atom stereocenters. The number of benzene rings is 10. The van der Waals surface area contributed by atoms with Gasteiger partial charge in [-0.05, 0) is 125 Å². The molecule has 0 saturated heterocycles. The van der Waals surface area contributed by atoms with Gasteiger partial charge in [-0.15, -0.1) is 0 Å². The van der Waals surface area contributed by atoms with Gasteiger partial charge in [0.15, 0.2) is 17.5 Å². The number of para-hydroxylation sites is 2. The minimum Gasteiger partial charge on any atom is -0.309 e. The van der Waals surface area contributed by atoms with Gasteiger partial charge >= 0.3 is 6.18 Å². The maximum Gasteiger partial charge on any atom is 0.416 e. The number of rotatable bonds is 8. The molecule has 3 aromatic heterocycles. The zero-order valence-electron chi connectivity index (χ0n) is 41.9. The van der Waals surface area contributed by atoms with Crippen LogP contribution in [-0.2, 0) is 6.18 Å². The maximum atomic E-state index is 15.4. The molecule has 3 heterocycles. The highest BCUT2D eigenvalue weighted by Crippen LogP contribution is 2.45. The van der Waals surface area contributed by atoms with E-state index >= 15 is 13.2 Å². The molecule has 0 radical (unpaired) electrons. The Morgan fingerprint density at radius 2 is 0.725 bits per heavy atom. The molecule has 0 aliphatic rings. The van der Waals surface area contributed by atoms with Gasteiger partial charge in [0.25, 0.3) is 0 Å². The molecular weight excluding hydrogens is 1000 g/mol. The van der Waals surface area contributed by atoms with Crippen molar-refractivity contribution >= 4 is 43.6 Å². The third-order valence-corrected chi connectivity index (χ3v) is 14.4. The molecule has 374 valence electrons. The lowest BCUT2D eigenvalue weighted by atomic mass is 9.96. The summed E-state index contributed by atoms with van der Waals surface area (Å²) in [6.07, 6.45) is -4.73. The van der Waals surface area contributed by atoms with E-state index in [9.17, 15) is 21.0 Å². The third-order valence-electron chi connectivity index (χ3n) is 14.4. The summed E-state index contributed by atoms with van der Waals surface area (Å²) in [5.74, 6) is 1.21. The van der Waals surface area contributed by atoms with E-state index in [2.05, 4.69) is 28.8 Å². The molecule has 0 saturated carbocycles. The van der Waals surface area contributed by atoms with Crippen LogP contribution in [0, 0.1) is 45.3 Å². The highest BCUT2D eigenvalue weighted by Gasteiger charge is 2.33. The fourth-order valence-electron chi connectivity index (χ4n) is 10.8. The Morgan fingerprint density at radius 1 is 0.312 bits per heavy atom. The SMILES string of the molecule is N#Cc1cc(C#N)cc(-c2ccc3c(c2)c2ccccc2n3-c2ccc(-c3nc(-c4ccccc4)nc(-c4ccccc4)n3)cc2-c2ccc(C(F)(F)F)cc2-n2c3ccccc3c3cc(-c4cc(C#N)cc(C#N)c4)ccc32)c1. The van der Waals surface area contributed by atoms with E-state index in [1.54, 1.807) is 30.3 Å². The summed E-state index contributed by atoms with van der Waals surface area (Å²) < 4.78 is 50.0. The number of hydrogen-bond acceptors (Lipinski definition) is 7. The van der Waals surface area contributed by atoms with E-state index < -0.39 is 11.7 Å². The number of nitriles is 4. The Balaban J connectivity index is 1.11. The molecule has 0 amide bonds. The number of halogens is 3. The van der Waals surface area contributed by atoms with Crippen molar-refractivity contribution in [2.45, 2.75) is 6.18 Å². The third kappa shape index (κ3) is 8.40. The quantitative estimate of drug-likeness (QED) is 0.147. The predicted molar refractivity (Wildman–Crippen MR) is 305 cm³/mol. The Bertz CT molecular complexity index is 4750. The Labute approximate surface area is 455 Å². The number of aromatic nitrogens is 5. The van der Waals surface area contributed by atoms with E-state index in [4.69, 9.17) is 15.0 Å².